The summed E-state index contributed by atoms with van der Waals surface area (Å²) in [7, 11) is 2.13. The normalized spacial score (nSPS) is 14.7. The first-order valence-electron chi connectivity index (χ1n) is 11.6. The predicted molar refractivity (Wildman–Crippen MR) is 143 cm³/mol. The number of pyridine rings is 1. The third-order valence-corrected chi connectivity index (χ3v) is 6.72. The van der Waals surface area contributed by atoms with Gasteiger partial charge in [-0.15, -0.1) is 0 Å². The number of aryl methyl sites for hydroxylation is 1. The molecule has 1 fully saturated rings. The molecule has 0 aliphatic carbocycles. The minimum absolute atomic E-state index is 0.254. The molecule has 2 aromatic carbocycles. The molecule has 1 saturated heterocycles. The summed E-state index contributed by atoms with van der Waals surface area (Å²) in [5, 5.41) is 7.16. The molecule has 5 rings (SSSR count). The first-order valence-corrected chi connectivity index (χ1v) is 12.4. The quantitative estimate of drug-likeness (QED) is 0.303. The number of hydrogen-bond acceptors (Lipinski definition) is 7. The minimum atomic E-state index is -0.254. The lowest BCUT2D eigenvalue weighted by molar-refractivity contribution is 0.263. The molecule has 1 aliphatic rings. The second kappa shape index (κ2) is 10.1. The van der Waals surface area contributed by atoms with Crippen LogP contribution in [0.1, 0.15) is 18.4 Å². The van der Waals surface area contributed by atoms with E-state index in [4.69, 9.17) is 9.72 Å². The standard InChI is InChI=1S/C26H27BrN6O2/c1-16-3-7-19(8-4-16)35-20-9-5-17(6-10-20)29-24-22-23(21(27)15-28-25(22)34)31-26(32-24)30-18-11-13-33(2)14-12-18/h3-10,15,18H,11-14H2,1-2H3,(H,28,34)(H2,29,30,31,32). The number of H-pyrrole nitrogens is 1. The molecular weight excluding hydrogens is 508 g/mol. The lowest BCUT2D eigenvalue weighted by Crippen LogP contribution is -2.37. The van der Waals surface area contributed by atoms with E-state index >= 15 is 0 Å². The Balaban J connectivity index is 1.41. The largest absolute Gasteiger partial charge is 0.457 e. The minimum Gasteiger partial charge on any atom is -0.457 e. The van der Waals surface area contributed by atoms with E-state index in [9.17, 15) is 4.79 Å². The molecule has 2 aromatic heterocycles. The Morgan fingerprint density at radius 2 is 1.69 bits per heavy atom. The Morgan fingerprint density at radius 3 is 2.37 bits per heavy atom. The van der Waals surface area contributed by atoms with E-state index in [-0.39, 0.29) is 11.6 Å². The van der Waals surface area contributed by atoms with Gasteiger partial charge in [-0.05, 0) is 92.2 Å². The highest BCUT2D eigenvalue weighted by molar-refractivity contribution is 9.10. The number of nitrogens with one attached hydrogen (secondary N) is 3. The zero-order chi connectivity index (χ0) is 24.4. The van der Waals surface area contributed by atoms with Crippen LogP contribution in [-0.2, 0) is 0 Å². The van der Waals surface area contributed by atoms with E-state index in [1.54, 1.807) is 6.20 Å². The van der Waals surface area contributed by atoms with Gasteiger partial charge in [0.05, 0.1) is 9.99 Å². The van der Waals surface area contributed by atoms with Crippen molar-refractivity contribution < 1.29 is 4.74 Å². The van der Waals surface area contributed by atoms with E-state index in [1.807, 2.05) is 55.5 Å². The van der Waals surface area contributed by atoms with Gasteiger partial charge in [0, 0.05) is 17.9 Å². The summed E-state index contributed by atoms with van der Waals surface area (Å²) >= 11 is 3.52. The molecule has 3 N–H and O–H groups in total. The maximum Gasteiger partial charge on any atom is 0.261 e. The number of halogens is 1. The Labute approximate surface area is 211 Å². The maximum absolute atomic E-state index is 12.7. The van der Waals surface area contributed by atoms with Crippen LogP contribution in [0.4, 0.5) is 17.5 Å². The van der Waals surface area contributed by atoms with E-state index in [0.29, 0.717) is 27.1 Å². The average Bonchev–Trinajstić information content (AvgIpc) is 2.85. The smallest absolute Gasteiger partial charge is 0.261 e. The Bertz CT molecular complexity index is 1380. The number of aromatic amines is 1. The summed E-state index contributed by atoms with van der Waals surface area (Å²) in [6.45, 7) is 4.09. The summed E-state index contributed by atoms with van der Waals surface area (Å²) in [5.41, 5.74) is 2.27. The number of piperidine rings is 1. The fraction of sp³-hybridized carbons (Fsp3) is 0.269. The number of nitrogens with zero attached hydrogens (tertiary/aromatic N) is 3. The first-order chi connectivity index (χ1) is 16.9. The number of fused-ring (bicyclic) bond motifs is 1. The monoisotopic (exact) mass is 534 g/mol. The third kappa shape index (κ3) is 5.47. The highest BCUT2D eigenvalue weighted by Crippen LogP contribution is 2.29. The predicted octanol–water partition coefficient (Wildman–Crippen LogP) is 5.43. The highest BCUT2D eigenvalue weighted by Gasteiger charge is 2.20. The highest BCUT2D eigenvalue weighted by atomic mass is 79.9. The molecule has 35 heavy (non-hydrogen) atoms. The second-order valence-corrected chi connectivity index (χ2v) is 9.73. The van der Waals surface area contributed by atoms with Gasteiger partial charge in [0.2, 0.25) is 5.95 Å². The van der Waals surface area contributed by atoms with Gasteiger partial charge in [-0.1, -0.05) is 17.7 Å². The van der Waals surface area contributed by atoms with Crippen molar-refractivity contribution in [2.75, 3.05) is 30.8 Å². The van der Waals surface area contributed by atoms with Crippen LogP contribution in [0.15, 0.2) is 64.0 Å². The van der Waals surface area contributed by atoms with Crippen LogP contribution in [0.5, 0.6) is 11.5 Å². The Kier molecular flexibility index (Phi) is 6.70. The van der Waals surface area contributed by atoms with Gasteiger partial charge in [-0.25, -0.2) is 4.98 Å². The van der Waals surface area contributed by atoms with Crippen LogP contribution in [0.2, 0.25) is 0 Å². The molecule has 180 valence electrons. The van der Waals surface area contributed by atoms with Crippen molar-refractivity contribution in [1.82, 2.24) is 19.9 Å². The lowest BCUT2D eigenvalue weighted by Gasteiger charge is -2.29. The van der Waals surface area contributed by atoms with Crippen molar-refractivity contribution in [2.24, 2.45) is 0 Å². The molecule has 1 aliphatic heterocycles. The van der Waals surface area contributed by atoms with Gasteiger partial charge >= 0.3 is 0 Å². The van der Waals surface area contributed by atoms with Crippen LogP contribution in [0.3, 0.4) is 0 Å². The van der Waals surface area contributed by atoms with Crippen molar-refractivity contribution in [3.05, 3.63) is 75.1 Å². The fourth-order valence-corrected chi connectivity index (χ4v) is 4.50. The molecule has 0 atom stereocenters. The van der Waals surface area contributed by atoms with E-state index < -0.39 is 0 Å². The van der Waals surface area contributed by atoms with E-state index in [2.05, 4.69) is 48.5 Å². The lowest BCUT2D eigenvalue weighted by atomic mass is 10.1. The number of hydrogen-bond donors (Lipinski definition) is 3. The van der Waals surface area contributed by atoms with Crippen molar-refractivity contribution in [3.63, 3.8) is 0 Å². The van der Waals surface area contributed by atoms with Crippen molar-refractivity contribution in [3.8, 4) is 11.5 Å². The summed E-state index contributed by atoms with van der Waals surface area (Å²) in [6, 6.07) is 15.7. The zero-order valence-corrected chi connectivity index (χ0v) is 21.2. The van der Waals surface area contributed by atoms with Crippen LogP contribution in [-0.4, -0.2) is 46.0 Å². The van der Waals surface area contributed by atoms with Crippen LogP contribution in [0.25, 0.3) is 10.9 Å². The summed E-state index contributed by atoms with van der Waals surface area (Å²) in [4.78, 5) is 27.1. The van der Waals surface area contributed by atoms with Gasteiger partial charge < -0.3 is 25.3 Å². The molecule has 4 aromatic rings. The molecule has 0 bridgehead atoms. The first kappa shape index (κ1) is 23.3. The molecule has 3 heterocycles. The Hall–Kier alpha value is -3.43. The zero-order valence-electron chi connectivity index (χ0n) is 19.6. The maximum atomic E-state index is 12.7. The number of likely N-dealkylation sites (tertiary alicyclic amines) is 1. The molecule has 0 spiro atoms. The second-order valence-electron chi connectivity index (χ2n) is 8.87. The van der Waals surface area contributed by atoms with Gasteiger partial charge in [0.15, 0.2) is 0 Å². The van der Waals surface area contributed by atoms with Crippen LogP contribution in [0, 0.1) is 6.92 Å². The molecule has 0 radical (unpaired) electrons. The topological polar surface area (TPSA) is 95.2 Å². The molecular formula is C26H27BrN6O2. The molecule has 8 nitrogen and oxygen atoms in total. The van der Waals surface area contributed by atoms with Gasteiger partial charge in [-0.2, -0.15) is 4.98 Å². The number of ether oxygens (including phenoxy) is 1. The fourth-order valence-electron chi connectivity index (χ4n) is 4.09. The summed E-state index contributed by atoms with van der Waals surface area (Å²) < 4.78 is 6.63. The Morgan fingerprint density at radius 1 is 1.03 bits per heavy atom. The average molecular weight is 535 g/mol. The van der Waals surface area contributed by atoms with Crippen LogP contribution < -0.4 is 20.9 Å². The molecule has 0 unspecified atom stereocenters. The summed E-state index contributed by atoms with van der Waals surface area (Å²) in [5.74, 6) is 2.44. The van der Waals surface area contributed by atoms with Crippen molar-refractivity contribution in [1.29, 1.82) is 0 Å². The van der Waals surface area contributed by atoms with Crippen LogP contribution >= 0.6 is 15.9 Å². The molecule has 9 heteroatoms. The number of benzene rings is 2. The summed E-state index contributed by atoms with van der Waals surface area (Å²) in [6.07, 6.45) is 3.64. The van der Waals surface area contributed by atoms with Crippen molar-refractivity contribution in [2.45, 2.75) is 25.8 Å². The number of rotatable bonds is 6. The molecule has 0 amide bonds. The van der Waals surface area contributed by atoms with Crippen molar-refractivity contribution >= 4 is 44.3 Å². The van der Waals surface area contributed by atoms with E-state index in [1.165, 1.54) is 5.56 Å². The third-order valence-electron chi connectivity index (χ3n) is 6.12. The number of anilines is 3. The number of aromatic nitrogens is 3. The van der Waals surface area contributed by atoms with E-state index in [0.717, 1.165) is 43.1 Å². The van der Waals surface area contributed by atoms with Gasteiger partial charge in [0.1, 0.15) is 22.7 Å². The van der Waals surface area contributed by atoms with Gasteiger partial charge in [0.25, 0.3) is 5.56 Å². The van der Waals surface area contributed by atoms with Gasteiger partial charge in [-0.3, -0.25) is 4.79 Å². The molecule has 0 saturated carbocycles. The SMILES string of the molecule is Cc1ccc(Oc2ccc(Nc3nc(NC4CCN(C)CC4)nc4c(Br)c[nH]c(=O)c34)cc2)cc1.